The lowest BCUT2D eigenvalue weighted by molar-refractivity contribution is 0.273. The van der Waals surface area contributed by atoms with Crippen LogP contribution >= 0.6 is 11.6 Å². The second kappa shape index (κ2) is 6.43. The summed E-state index contributed by atoms with van der Waals surface area (Å²) in [6.45, 7) is 0.0696. The van der Waals surface area contributed by atoms with Gasteiger partial charge in [-0.1, -0.05) is 54.1 Å². The van der Waals surface area contributed by atoms with Crippen molar-refractivity contribution in [2.24, 2.45) is 0 Å². The minimum atomic E-state index is -0.0349. The number of benzene rings is 2. The molecule has 0 amide bonds. The molecule has 2 aromatic rings. The number of para-hydroxylation sites is 1. The van der Waals surface area contributed by atoms with Crippen LogP contribution in [0.4, 0.5) is 5.69 Å². The van der Waals surface area contributed by atoms with Crippen LogP contribution in [0.25, 0.3) is 0 Å². The van der Waals surface area contributed by atoms with E-state index in [4.69, 9.17) is 11.6 Å². The molecule has 0 fully saturated rings. The molecule has 1 atom stereocenters. The maximum Gasteiger partial charge on any atom is 0.0637 e. The van der Waals surface area contributed by atoms with Gasteiger partial charge in [0.2, 0.25) is 0 Å². The van der Waals surface area contributed by atoms with Crippen molar-refractivity contribution < 1.29 is 5.11 Å². The van der Waals surface area contributed by atoms with Crippen molar-refractivity contribution in [3.63, 3.8) is 0 Å². The van der Waals surface area contributed by atoms with E-state index < -0.39 is 0 Å². The van der Waals surface area contributed by atoms with Gasteiger partial charge in [0.1, 0.15) is 0 Å². The third kappa shape index (κ3) is 3.49. The second-order valence-electron chi connectivity index (χ2n) is 4.19. The molecule has 0 saturated carbocycles. The first-order chi connectivity index (χ1) is 8.79. The molecule has 0 aliphatic carbocycles. The van der Waals surface area contributed by atoms with Crippen LogP contribution in [0.15, 0.2) is 54.6 Å². The predicted octanol–water partition coefficient (Wildman–Crippen LogP) is 3.36. The lowest BCUT2D eigenvalue weighted by Gasteiger charge is -2.18. The standard InChI is InChI=1S/C15H16ClNO/c16-14-8-4-5-9-15(14)17-13(11-18)10-12-6-2-1-3-7-12/h1-9,13,17-18H,10-11H2. The normalized spacial score (nSPS) is 12.1. The summed E-state index contributed by atoms with van der Waals surface area (Å²) in [6, 6.07) is 17.6. The Bertz CT molecular complexity index is 487. The summed E-state index contributed by atoms with van der Waals surface area (Å²) in [5, 5.41) is 13.4. The first kappa shape index (κ1) is 12.9. The molecular weight excluding hydrogens is 246 g/mol. The molecule has 2 rings (SSSR count). The van der Waals surface area contributed by atoms with E-state index in [0.717, 1.165) is 12.1 Å². The van der Waals surface area contributed by atoms with Crippen LogP contribution in [0.1, 0.15) is 5.56 Å². The quantitative estimate of drug-likeness (QED) is 0.865. The molecule has 2 aromatic carbocycles. The molecule has 0 aliphatic heterocycles. The topological polar surface area (TPSA) is 32.3 Å². The Balaban J connectivity index is 2.04. The highest BCUT2D eigenvalue weighted by Crippen LogP contribution is 2.21. The number of anilines is 1. The van der Waals surface area contributed by atoms with Crippen LogP contribution in [0, 0.1) is 0 Å². The van der Waals surface area contributed by atoms with E-state index in [1.165, 1.54) is 5.56 Å². The van der Waals surface area contributed by atoms with Crippen LogP contribution < -0.4 is 5.32 Å². The van der Waals surface area contributed by atoms with Crippen molar-refractivity contribution in [1.29, 1.82) is 0 Å². The van der Waals surface area contributed by atoms with Crippen LogP contribution in [0.2, 0.25) is 5.02 Å². The summed E-state index contributed by atoms with van der Waals surface area (Å²) in [5.41, 5.74) is 2.05. The molecule has 0 radical (unpaired) electrons. The van der Waals surface area contributed by atoms with E-state index >= 15 is 0 Å². The van der Waals surface area contributed by atoms with Gasteiger partial charge in [0.25, 0.3) is 0 Å². The maximum absolute atomic E-state index is 9.43. The number of hydrogen-bond acceptors (Lipinski definition) is 2. The first-order valence-corrected chi connectivity index (χ1v) is 6.33. The van der Waals surface area contributed by atoms with Crippen molar-refractivity contribution >= 4 is 17.3 Å². The lowest BCUT2D eigenvalue weighted by atomic mass is 10.1. The van der Waals surface area contributed by atoms with Crippen molar-refractivity contribution in [2.45, 2.75) is 12.5 Å². The highest BCUT2D eigenvalue weighted by atomic mass is 35.5. The number of rotatable bonds is 5. The van der Waals surface area contributed by atoms with Crippen molar-refractivity contribution in [3.8, 4) is 0 Å². The third-order valence-corrected chi connectivity index (χ3v) is 3.11. The Labute approximate surface area is 112 Å². The molecule has 0 aliphatic rings. The highest BCUT2D eigenvalue weighted by Gasteiger charge is 2.09. The Morgan fingerprint density at radius 2 is 1.67 bits per heavy atom. The van der Waals surface area contributed by atoms with Gasteiger partial charge >= 0.3 is 0 Å². The number of halogens is 1. The largest absolute Gasteiger partial charge is 0.394 e. The summed E-state index contributed by atoms with van der Waals surface area (Å²) in [6.07, 6.45) is 0.766. The van der Waals surface area contributed by atoms with Crippen LogP contribution in [0.3, 0.4) is 0 Å². The molecule has 1 unspecified atom stereocenters. The maximum atomic E-state index is 9.43. The Morgan fingerprint density at radius 1 is 1.00 bits per heavy atom. The molecular formula is C15H16ClNO. The van der Waals surface area contributed by atoms with E-state index in [1.807, 2.05) is 42.5 Å². The van der Waals surface area contributed by atoms with Gasteiger partial charge in [0.05, 0.1) is 23.4 Å². The van der Waals surface area contributed by atoms with Gasteiger partial charge < -0.3 is 10.4 Å². The fourth-order valence-electron chi connectivity index (χ4n) is 1.86. The molecule has 0 saturated heterocycles. The average molecular weight is 262 g/mol. The monoisotopic (exact) mass is 261 g/mol. The highest BCUT2D eigenvalue weighted by molar-refractivity contribution is 6.33. The molecule has 0 aromatic heterocycles. The number of hydrogen-bond donors (Lipinski definition) is 2. The van der Waals surface area contributed by atoms with Crippen LogP contribution in [-0.2, 0) is 6.42 Å². The van der Waals surface area contributed by atoms with Gasteiger partial charge in [-0.25, -0.2) is 0 Å². The molecule has 18 heavy (non-hydrogen) atoms. The third-order valence-electron chi connectivity index (χ3n) is 2.78. The number of aliphatic hydroxyl groups excluding tert-OH is 1. The minimum Gasteiger partial charge on any atom is -0.394 e. The number of nitrogens with one attached hydrogen (secondary N) is 1. The lowest BCUT2D eigenvalue weighted by Crippen LogP contribution is -2.26. The van der Waals surface area contributed by atoms with E-state index in [0.29, 0.717) is 5.02 Å². The van der Waals surface area contributed by atoms with E-state index in [2.05, 4.69) is 17.4 Å². The van der Waals surface area contributed by atoms with Gasteiger partial charge in [-0.3, -0.25) is 0 Å². The smallest absolute Gasteiger partial charge is 0.0637 e. The van der Waals surface area contributed by atoms with Crippen LogP contribution in [-0.4, -0.2) is 17.8 Å². The molecule has 0 heterocycles. The first-order valence-electron chi connectivity index (χ1n) is 5.95. The van der Waals surface area contributed by atoms with Gasteiger partial charge in [0.15, 0.2) is 0 Å². The van der Waals surface area contributed by atoms with Crippen molar-refractivity contribution in [1.82, 2.24) is 0 Å². The zero-order valence-corrected chi connectivity index (χ0v) is 10.8. The van der Waals surface area contributed by atoms with Crippen molar-refractivity contribution in [2.75, 3.05) is 11.9 Å². The summed E-state index contributed by atoms with van der Waals surface area (Å²) >= 11 is 6.08. The second-order valence-corrected chi connectivity index (χ2v) is 4.60. The SMILES string of the molecule is OCC(Cc1ccccc1)Nc1ccccc1Cl. The molecule has 2 N–H and O–H groups in total. The molecule has 94 valence electrons. The fraction of sp³-hybridized carbons (Fsp3) is 0.200. The number of aliphatic hydroxyl groups is 1. The fourth-order valence-corrected chi connectivity index (χ4v) is 2.05. The molecule has 0 bridgehead atoms. The summed E-state index contributed by atoms with van der Waals surface area (Å²) in [7, 11) is 0. The van der Waals surface area contributed by atoms with Gasteiger partial charge in [-0.15, -0.1) is 0 Å². The molecule has 2 nitrogen and oxygen atoms in total. The van der Waals surface area contributed by atoms with Gasteiger partial charge in [-0.2, -0.15) is 0 Å². The predicted molar refractivity (Wildman–Crippen MR) is 76.1 cm³/mol. The van der Waals surface area contributed by atoms with Crippen LogP contribution in [0.5, 0.6) is 0 Å². The van der Waals surface area contributed by atoms with Crippen molar-refractivity contribution in [3.05, 3.63) is 65.2 Å². The minimum absolute atomic E-state index is 0.0349. The van der Waals surface area contributed by atoms with E-state index in [1.54, 1.807) is 0 Å². The zero-order chi connectivity index (χ0) is 12.8. The Morgan fingerprint density at radius 3 is 2.33 bits per heavy atom. The van der Waals surface area contributed by atoms with Gasteiger partial charge in [0, 0.05) is 0 Å². The van der Waals surface area contributed by atoms with E-state index in [9.17, 15) is 5.11 Å². The zero-order valence-electron chi connectivity index (χ0n) is 10.0. The van der Waals surface area contributed by atoms with Gasteiger partial charge in [-0.05, 0) is 24.1 Å². The summed E-state index contributed by atoms with van der Waals surface area (Å²) in [4.78, 5) is 0. The summed E-state index contributed by atoms with van der Waals surface area (Å²) in [5.74, 6) is 0. The Kier molecular flexibility index (Phi) is 4.62. The van der Waals surface area contributed by atoms with E-state index in [-0.39, 0.29) is 12.6 Å². The summed E-state index contributed by atoms with van der Waals surface area (Å²) < 4.78 is 0. The Hall–Kier alpha value is -1.51. The molecule has 0 spiro atoms. The molecule has 3 heteroatoms. The average Bonchev–Trinajstić information content (AvgIpc) is 2.41.